The van der Waals surface area contributed by atoms with Crippen molar-refractivity contribution in [1.82, 2.24) is 19.8 Å². The molecule has 1 aromatic carbocycles. The van der Waals surface area contributed by atoms with Crippen molar-refractivity contribution in [2.45, 2.75) is 31.8 Å². The summed E-state index contributed by atoms with van der Waals surface area (Å²) in [6, 6.07) is 15.2. The largest absolute Gasteiger partial charge is 0.298 e. The van der Waals surface area contributed by atoms with Crippen molar-refractivity contribution in [2.24, 2.45) is 0 Å². The summed E-state index contributed by atoms with van der Waals surface area (Å²) in [7, 11) is 0. The summed E-state index contributed by atoms with van der Waals surface area (Å²) in [4.78, 5) is 14.2. The topological polar surface area (TPSA) is 32.3 Å². The van der Waals surface area contributed by atoms with Crippen LogP contribution in [0.1, 0.15) is 40.4 Å². The van der Waals surface area contributed by atoms with Gasteiger partial charge in [-0.05, 0) is 78.4 Å². The molecule has 3 aromatic rings. The van der Waals surface area contributed by atoms with Crippen LogP contribution in [0, 0.1) is 0 Å². The number of aryl methyl sites for hydroxylation is 2. The van der Waals surface area contributed by atoms with E-state index in [1.54, 1.807) is 0 Å². The van der Waals surface area contributed by atoms with Crippen LogP contribution in [-0.4, -0.2) is 45.9 Å². The molecule has 0 radical (unpaired) electrons. The van der Waals surface area contributed by atoms with Crippen LogP contribution in [0.3, 0.4) is 0 Å². The van der Waals surface area contributed by atoms with Crippen LogP contribution >= 0.6 is 11.6 Å². The van der Waals surface area contributed by atoms with E-state index in [0.29, 0.717) is 0 Å². The number of benzene rings is 1. The summed E-state index contributed by atoms with van der Waals surface area (Å²) in [5.41, 5.74) is 6.66. The first-order valence-electron chi connectivity index (χ1n) is 10.9. The molecule has 5 rings (SSSR count). The maximum Gasteiger partial charge on any atom is 0.0782 e. The molecule has 2 aromatic heterocycles. The van der Waals surface area contributed by atoms with Gasteiger partial charge in [-0.15, -0.1) is 0 Å². The Labute approximate surface area is 183 Å². The number of nitrogens with zero attached hydrogens (tertiary/aromatic N) is 4. The lowest BCUT2D eigenvalue weighted by Crippen LogP contribution is -2.35. The first-order valence-corrected chi connectivity index (χ1v) is 11.2. The van der Waals surface area contributed by atoms with Crippen LogP contribution in [0.2, 0.25) is 5.02 Å². The number of halogens is 1. The second kappa shape index (κ2) is 8.84. The van der Waals surface area contributed by atoms with Gasteiger partial charge in [0.25, 0.3) is 0 Å². The van der Waals surface area contributed by atoms with Gasteiger partial charge in [-0.1, -0.05) is 23.7 Å². The molecule has 0 amide bonds. The minimum absolute atomic E-state index is 0.205. The lowest BCUT2D eigenvalue weighted by molar-refractivity contribution is 0.217. The number of rotatable bonds is 3. The van der Waals surface area contributed by atoms with E-state index in [1.165, 1.54) is 27.9 Å². The van der Waals surface area contributed by atoms with Gasteiger partial charge in [0.15, 0.2) is 0 Å². The quantitative estimate of drug-likeness (QED) is 0.625. The third kappa shape index (κ3) is 4.13. The number of hydrogen-bond acceptors (Lipinski definition) is 4. The Hall–Kier alpha value is -2.27. The van der Waals surface area contributed by atoms with Gasteiger partial charge in [0.2, 0.25) is 0 Å². The Morgan fingerprint density at radius 2 is 1.77 bits per heavy atom. The number of hydrogen-bond donors (Lipinski definition) is 0. The van der Waals surface area contributed by atoms with Gasteiger partial charge in [-0.2, -0.15) is 0 Å². The van der Waals surface area contributed by atoms with Crippen LogP contribution in [-0.2, 0) is 19.4 Å². The molecule has 5 heteroatoms. The highest BCUT2D eigenvalue weighted by Gasteiger charge is 2.31. The van der Waals surface area contributed by atoms with E-state index in [1.807, 2.05) is 24.7 Å². The van der Waals surface area contributed by atoms with Crippen molar-refractivity contribution in [3.8, 4) is 0 Å². The molecule has 1 aliphatic carbocycles. The molecule has 0 spiro atoms. The molecule has 1 saturated heterocycles. The standard InChI is InChI=1S/C25H27ClN4/c26-22-6-7-23-21(17-22)5-4-20-3-1-10-28-24(20)25(23)30-14-2-13-29(15-16-30)18-19-8-11-27-12-9-19/h1,3,6-12,17,25H,2,4-5,13-16,18H2. The van der Waals surface area contributed by atoms with E-state index in [2.05, 4.69) is 51.2 Å². The lowest BCUT2D eigenvalue weighted by Gasteiger charge is -2.32. The zero-order chi connectivity index (χ0) is 20.3. The van der Waals surface area contributed by atoms with Gasteiger partial charge in [0, 0.05) is 49.8 Å². The summed E-state index contributed by atoms with van der Waals surface area (Å²) < 4.78 is 0. The lowest BCUT2D eigenvalue weighted by atomic mass is 9.96. The minimum Gasteiger partial charge on any atom is -0.298 e. The van der Waals surface area contributed by atoms with Gasteiger partial charge < -0.3 is 0 Å². The van der Waals surface area contributed by atoms with Crippen molar-refractivity contribution < 1.29 is 0 Å². The normalized spacial score (nSPS) is 20.1. The van der Waals surface area contributed by atoms with Gasteiger partial charge in [0.05, 0.1) is 11.7 Å². The third-order valence-electron chi connectivity index (χ3n) is 6.39. The van der Waals surface area contributed by atoms with E-state index in [9.17, 15) is 0 Å². The average Bonchev–Trinajstić information content (AvgIpc) is 3.09. The van der Waals surface area contributed by atoms with Gasteiger partial charge in [-0.3, -0.25) is 19.8 Å². The fourth-order valence-corrected chi connectivity index (χ4v) is 5.10. The number of pyridine rings is 2. The van der Waals surface area contributed by atoms with E-state index >= 15 is 0 Å². The molecule has 0 saturated carbocycles. The maximum absolute atomic E-state index is 6.36. The van der Waals surface area contributed by atoms with Crippen molar-refractivity contribution in [3.63, 3.8) is 0 Å². The molecule has 4 nitrogen and oxygen atoms in total. The Balaban J connectivity index is 1.43. The van der Waals surface area contributed by atoms with Crippen LogP contribution in [0.5, 0.6) is 0 Å². The van der Waals surface area contributed by atoms with Gasteiger partial charge in [0.1, 0.15) is 0 Å². The first kappa shape index (κ1) is 19.7. The number of fused-ring (bicyclic) bond motifs is 2. The third-order valence-corrected chi connectivity index (χ3v) is 6.63. The highest BCUT2D eigenvalue weighted by molar-refractivity contribution is 6.30. The highest BCUT2D eigenvalue weighted by Crippen LogP contribution is 2.37. The SMILES string of the molecule is Clc1ccc2c(c1)CCc1cccnc1C2N1CCCN(Cc2ccncc2)CC1. The summed E-state index contributed by atoms with van der Waals surface area (Å²) in [5, 5.41) is 0.825. The predicted molar refractivity (Wildman–Crippen MR) is 121 cm³/mol. The molecule has 0 N–H and O–H groups in total. The Bertz CT molecular complexity index is 1010. The Kier molecular flexibility index (Phi) is 5.80. The summed E-state index contributed by atoms with van der Waals surface area (Å²) in [6.45, 7) is 5.28. The van der Waals surface area contributed by atoms with Crippen molar-refractivity contribution in [2.75, 3.05) is 26.2 Å². The zero-order valence-corrected chi connectivity index (χ0v) is 17.9. The molecule has 1 unspecified atom stereocenters. The van der Waals surface area contributed by atoms with Crippen LogP contribution < -0.4 is 0 Å². The smallest absolute Gasteiger partial charge is 0.0782 e. The van der Waals surface area contributed by atoms with E-state index in [0.717, 1.165) is 57.0 Å². The molecule has 1 atom stereocenters. The van der Waals surface area contributed by atoms with Gasteiger partial charge >= 0.3 is 0 Å². The predicted octanol–water partition coefficient (Wildman–Crippen LogP) is 4.53. The monoisotopic (exact) mass is 418 g/mol. The molecule has 154 valence electrons. The molecular formula is C25H27ClN4. The summed E-state index contributed by atoms with van der Waals surface area (Å²) in [6.07, 6.45) is 8.92. The molecule has 30 heavy (non-hydrogen) atoms. The second-order valence-electron chi connectivity index (χ2n) is 8.31. The second-order valence-corrected chi connectivity index (χ2v) is 8.75. The summed E-state index contributed by atoms with van der Waals surface area (Å²) in [5.74, 6) is 0. The first-order chi connectivity index (χ1) is 14.8. The van der Waals surface area contributed by atoms with Crippen LogP contribution in [0.4, 0.5) is 0 Å². The average molecular weight is 419 g/mol. The number of aromatic nitrogens is 2. The molecule has 3 heterocycles. The Morgan fingerprint density at radius 3 is 2.67 bits per heavy atom. The zero-order valence-electron chi connectivity index (χ0n) is 17.2. The molecule has 1 fully saturated rings. The van der Waals surface area contributed by atoms with Crippen molar-refractivity contribution in [1.29, 1.82) is 0 Å². The summed E-state index contributed by atoms with van der Waals surface area (Å²) >= 11 is 6.36. The van der Waals surface area contributed by atoms with E-state index in [4.69, 9.17) is 16.6 Å². The van der Waals surface area contributed by atoms with Gasteiger partial charge in [-0.25, -0.2) is 0 Å². The highest BCUT2D eigenvalue weighted by atomic mass is 35.5. The molecule has 0 bridgehead atoms. The molecule has 2 aliphatic rings. The molecule has 1 aliphatic heterocycles. The van der Waals surface area contributed by atoms with Crippen LogP contribution in [0.15, 0.2) is 61.1 Å². The van der Waals surface area contributed by atoms with Crippen LogP contribution in [0.25, 0.3) is 0 Å². The van der Waals surface area contributed by atoms with E-state index < -0.39 is 0 Å². The van der Waals surface area contributed by atoms with Crippen molar-refractivity contribution in [3.05, 3.63) is 94.0 Å². The fourth-order valence-electron chi connectivity index (χ4n) is 4.91. The maximum atomic E-state index is 6.36. The van der Waals surface area contributed by atoms with E-state index in [-0.39, 0.29) is 6.04 Å². The Morgan fingerprint density at radius 1 is 0.900 bits per heavy atom. The minimum atomic E-state index is 0.205. The molecular weight excluding hydrogens is 392 g/mol. The fraction of sp³-hybridized carbons (Fsp3) is 0.360. The van der Waals surface area contributed by atoms with Crippen molar-refractivity contribution >= 4 is 11.6 Å².